The molecule has 0 saturated carbocycles. The Balaban J connectivity index is 2.29. The van der Waals surface area contributed by atoms with Gasteiger partial charge in [-0.25, -0.2) is 13.2 Å². The molecule has 124 valence electrons. The minimum atomic E-state index is -3.73. The lowest BCUT2D eigenvalue weighted by Crippen LogP contribution is -2.30. The van der Waals surface area contributed by atoms with Crippen LogP contribution in [0.3, 0.4) is 0 Å². The number of carbonyl (C=O) groups is 1. The summed E-state index contributed by atoms with van der Waals surface area (Å²) < 4.78 is 31.5. The van der Waals surface area contributed by atoms with Crippen molar-refractivity contribution in [2.45, 2.75) is 11.8 Å². The summed E-state index contributed by atoms with van der Waals surface area (Å²) in [5.41, 5.74) is 0.754. The van der Waals surface area contributed by atoms with Crippen LogP contribution in [0.4, 0.5) is 5.69 Å². The van der Waals surface area contributed by atoms with Gasteiger partial charge in [0.25, 0.3) is 10.0 Å². The number of hydrogen-bond donors (Lipinski definition) is 0. The Morgan fingerprint density at radius 1 is 1.12 bits per heavy atom. The summed E-state index contributed by atoms with van der Waals surface area (Å²) in [4.78, 5) is 11.7. The number of nitriles is 1. The predicted octanol–water partition coefficient (Wildman–Crippen LogP) is 2.58. The Kier molecular flexibility index (Phi) is 5.55. The second kappa shape index (κ2) is 7.62. The maximum Gasteiger partial charge on any atom is 0.339 e. The smallest absolute Gasteiger partial charge is 0.339 e. The summed E-state index contributed by atoms with van der Waals surface area (Å²) in [6.07, 6.45) is 0. The Labute approximate surface area is 141 Å². The van der Waals surface area contributed by atoms with Crippen LogP contribution >= 0.6 is 0 Å². The fraction of sp³-hybridized carbons (Fsp3) is 0.176. The minimum absolute atomic E-state index is 0.0741. The van der Waals surface area contributed by atoms with Gasteiger partial charge in [0.15, 0.2) is 6.61 Å². The van der Waals surface area contributed by atoms with Gasteiger partial charge in [-0.1, -0.05) is 18.2 Å². The van der Waals surface area contributed by atoms with Crippen LogP contribution in [-0.2, 0) is 14.8 Å². The van der Waals surface area contributed by atoms with E-state index in [9.17, 15) is 13.2 Å². The first-order valence-corrected chi connectivity index (χ1v) is 8.66. The zero-order valence-electron chi connectivity index (χ0n) is 13.0. The first-order valence-electron chi connectivity index (χ1n) is 7.22. The average molecular weight is 344 g/mol. The normalized spacial score (nSPS) is 10.7. The van der Waals surface area contributed by atoms with Crippen molar-refractivity contribution >= 4 is 21.7 Å². The van der Waals surface area contributed by atoms with Crippen molar-refractivity contribution in [1.29, 1.82) is 5.26 Å². The van der Waals surface area contributed by atoms with Crippen LogP contribution in [0.25, 0.3) is 0 Å². The van der Waals surface area contributed by atoms with Crippen molar-refractivity contribution in [3.05, 3.63) is 60.2 Å². The number of esters is 1. The molecule has 0 aliphatic rings. The summed E-state index contributed by atoms with van der Waals surface area (Å²) >= 11 is 0. The number of anilines is 1. The van der Waals surface area contributed by atoms with Gasteiger partial charge >= 0.3 is 5.97 Å². The molecule has 0 heterocycles. The summed E-state index contributed by atoms with van der Waals surface area (Å²) in [7, 11) is -3.73. The molecule has 0 bridgehead atoms. The highest BCUT2D eigenvalue weighted by Gasteiger charge is 2.23. The van der Waals surface area contributed by atoms with Crippen LogP contribution < -0.4 is 4.31 Å². The third kappa shape index (κ3) is 3.73. The molecule has 0 saturated heterocycles. The fourth-order valence-corrected chi connectivity index (χ4v) is 3.63. The van der Waals surface area contributed by atoms with E-state index in [1.54, 1.807) is 37.3 Å². The number of carbonyl (C=O) groups excluding carboxylic acids is 1. The molecular weight excluding hydrogens is 328 g/mol. The lowest BCUT2D eigenvalue weighted by molar-refractivity contribution is 0.0555. The zero-order chi connectivity index (χ0) is 17.6. The molecule has 0 fully saturated rings. The molecule has 2 rings (SSSR count). The quantitative estimate of drug-likeness (QED) is 0.752. The van der Waals surface area contributed by atoms with Crippen LogP contribution in [0, 0.1) is 11.3 Å². The molecule has 0 radical (unpaired) electrons. The van der Waals surface area contributed by atoms with Crippen LogP contribution in [0.2, 0.25) is 0 Å². The Bertz CT molecular complexity index is 840. The maximum absolute atomic E-state index is 12.8. The van der Waals surface area contributed by atoms with Crippen LogP contribution in [0.5, 0.6) is 0 Å². The van der Waals surface area contributed by atoms with Gasteiger partial charge in [0, 0.05) is 6.54 Å². The van der Waals surface area contributed by atoms with Crippen LogP contribution in [0.15, 0.2) is 59.5 Å². The van der Waals surface area contributed by atoms with Crippen molar-refractivity contribution in [3.8, 4) is 6.07 Å². The minimum Gasteiger partial charge on any atom is -0.447 e. The second-order valence-corrected chi connectivity index (χ2v) is 6.63. The van der Waals surface area contributed by atoms with E-state index in [1.165, 1.54) is 28.6 Å². The molecule has 0 amide bonds. The maximum atomic E-state index is 12.8. The Morgan fingerprint density at radius 3 is 2.29 bits per heavy atom. The summed E-state index contributed by atoms with van der Waals surface area (Å²) in [6, 6.07) is 15.9. The van der Waals surface area contributed by atoms with Gasteiger partial charge < -0.3 is 4.74 Å². The molecule has 6 nitrogen and oxygen atoms in total. The molecule has 0 unspecified atom stereocenters. The highest BCUT2D eigenvalue weighted by molar-refractivity contribution is 7.92. The van der Waals surface area contributed by atoms with Gasteiger partial charge in [0.05, 0.1) is 16.1 Å². The van der Waals surface area contributed by atoms with Crippen molar-refractivity contribution in [3.63, 3.8) is 0 Å². The number of nitrogens with zero attached hydrogens (tertiary/aromatic N) is 2. The summed E-state index contributed by atoms with van der Waals surface area (Å²) in [6.45, 7) is 1.67. The monoisotopic (exact) mass is 344 g/mol. The van der Waals surface area contributed by atoms with E-state index >= 15 is 0 Å². The van der Waals surface area contributed by atoms with Crippen molar-refractivity contribution in [1.82, 2.24) is 0 Å². The third-order valence-electron chi connectivity index (χ3n) is 3.28. The summed E-state index contributed by atoms with van der Waals surface area (Å²) in [5, 5.41) is 8.40. The molecule has 0 aliphatic carbocycles. The molecule has 0 aliphatic heterocycles. The molecule has 0 aromatic heterocycles. The van der Waals surface area contributed by atoms with E-state index in [0.29, 0.717) is 5.69 Å². The third-order valence-corrected chi connectivity index (χ3v) is 5.19. The van der Waals surface area contributed by atoms with Crippen LogP contribution in [-0.4, -0.2) is 27.5 Å². The van der Waals surface area contributed by atoms with Gasteiger partial charge in [0.1, 0.15) is 6.07 Å². The van der Waals surface area contributed by atoms with E-state index in [0.717, 1.165) is 0 Å². The fourth-order valence-electron chi connectivity index (χ4n) is 2.16. The number of rotatable bonds is 6. The Hall–Kier alpha value is -2.85. The zero-order valence-corrected chi connectivity index (χ0v) is 13.9. The SMILES string of the molecule is CCN(c1ccccc1)S(=O)(=O)c1ccc(C(=O)OCC#N)cc1. The average Bonchev–Trinajstić information content (AvgIpc) is 2.61. The topological polar surface area (TPSA) is 87.5 Å². The molecule has 0 N–H and O–H groups in total. The molecule has 0 atom stereocenters. The van der Waals surface area contributed by atoms with E-state index in [1.807, 2.05) is 6.07 Å². The Morgan fingerprint density at radius 2 is 1.75 bits per heavy atom. The number of sulfonamides is 1. The second-order valence-electron chi connectivity index (χ2n) is 4.76. The van der Waals surface area contributed by atoms with Gasteiger partial charge in [0.2, 0.25) is 0 Å². The largest absolute Gasteiger partial charge is 0.447 e. The standard InChI is InChI=1S/C17H16N2O4S/c1-2-19(15-6-4-3-5-7-15)24(21,22)16-10-8-14(9-11-16)17(20)23-13-12-18/h3-11H,2,13H2,1H3. The number of benzene rings is 2. The first-order chi connectivity index (χ1) is 11.5. The van der Waals surface area contributed by atoms with Crippen molar-refractivity contribution < 1.29 is 17.9 Å². The predicted molar refractivity (Wildman–Crippen MR) is 89.0 cm³/mol. The van der Waals surface area contributed by atoms with Gasteiger partial charge in [-0.3, -0.25) is 4.31 Å². The molecule has 7 heteroatoms. The molecular formula is C17H16N2O4S. The highest BCUT2D eigenvalue weighted by atomic mass is 32.2. The highest BCUT2D eigenvalue weighted by Crippen LogP contribution is 2.23. The lowest BCUT2D eigenvalue weighted by atomic mass is 10.2. The molecule has 24 heavy (non-hydrogen) atoms. The van der Waals surface area contributed by atoms with E-state index < -0.39 is 16.0 Å². The summed E-state index contributed by atoms with van der Waals surface area (Å²) in [5.74, 6) is -0.670. The molecule has 2 aromatic carbocycles. The van der Waals surface area contributed by atoms with E-state index in [2.05, 4.69) is 4.74 Å². The number of hydrogen-bond acceptors (Lipinski definition) is 5. The van der Waals surface area contributed by atoms with Crippen molar-refractivity contribution in [2.75, 3.05) is 17.5 Å². The van der Waals surface area contributed by atoms with E-state index in [-0.39, 0.29) is 23.6 Å². The van der Waals surface area contributed by atoms with Crippen LogP contribution in [0.1, 0.15) is 17.3 Å². The van der Waals surface area contributed by atoms with Crippen molar-refractivity contribution in [2.24, 2.45) is 0 Å². The number of para-hydroxylation sites is 1. The number of ether oxygens (including phenoxy) is 1. The molecule has 0 spiro atoms. The molecule has 2 aromatic rings. The van der Waals surface area contributed by atoms with Gasteiger partial charge in [-0.2, -0.15) is 5.26 Å². The van der Waals surface area contributed by atoms with E-state index in [4.69, 9.17) is 5.26 Å². The van der Waals surface area contributed by atoms with Gasteiger partial charge in [-0.15, -0.1) is 0 Å². The lowest BCUT2D eigenvalue weighted by Gasteiger charge is -2.22. The first kappa shape index (κ1) is 17.5. The van der Waals surface area contributed by atoms with Gasteiger partial charge in [-0.05, 0) is 43.3 Å².